The quantitative estimate of drug-likeness (QED) is 0.864. The van der Waals surface area contributed by atoms with Crippen LogP contribution in [0.2, 0.25) is 0 Å². The fraction of sp³-hybridized carbons (Fsp3) is 0.429. The minimum Gasteiger partial charge on any atom is -0.440 e. The molecule has 100 valence electrons. The lowest BCUT2D eigenvalue weighted by atomic mass is 10.2. The van der Waals surface area contributed by atoms with Gasteiger partial charge in [-0.25, -0.2) is 4.98 Å². The monoisotopic (exact) mass is 259 g/mol. The molecule has 5 nitrogen and oxygen atoms in total. The van der Waals surface area contributed by atoms with Crippen LogP contribution in [0.3, 0.4) is 0 Å². The summed E-state index contributed by atoms with van der Waals surface area (Å²) in [6.07, 6.45) is 2.79. The summed E-state index contributed by atoms with van der Waals surface area (Å²) in [4.78, 5) is 16.1. The summed E-state index contributed by atoms with van der Waals surface area (Å²) in [5.74, 6) is 1.33. The maximum atomic E-state index is 11.6. The zero-order chi connectivity index (χ0) is 13.2. The van der Waals surface area contributed by atoms with Gasteiger partial charge in [-0.05, 0) is 38.1 Å². The van der Waals surface area contributed by atoms with Crippen LogP contribution in [0.4, 0.5) is 5.69 Å². The first-order valence-electron chi connectivity index (χ1n) is 6.61. The molecule has 1 fully saturated rings. The third-order valence-corrected chi connectivity index (χ3v) is 3.22. The van der Waals surface area contributed by atoms with Crippen LogP contribution in [0.15, 0.2) is 22.6 Å². The number of nitrogens with zero attached hydrogens (tertiary/aromatic N) is 1. The third kappa shape index (κ3) is 2.76. The molecule has 1 aromatic heterocycles. The Kier molecular flexibility index (Phi) is 3.21. The van der Waals surface area contributed by atoms with Crippen LogP contribution in [-0.2, 0) is 4.79 Å². The van der Waals surface area contributed by atoms with Crippen molar-refractivity contribution < 1.29 is 9.21 Å². The highest BCUT2D eigenvalue weighted by atomic mass is 16.3. The molecule has 5 heteroatoms. The van der Waals surface area contributed by atoms with E-state index in [4.69, 9.17) is 4.42 Å². The van der Waals surface area contributed by atoms with Crippen LogP contribution in [0.5, 0.6) is 0 Å². The molecule has 1 amide bonds. The first kappa shape index (κ1) is 12.2. The van der Waals surface area contributed by atoms with Gasteiger partial charge >= 0.3 is 0 Å². The number of hydrogen-bond acceptors (Lipinski definition) is 4. The summed E-state index contributed by atoms with van der Waals surface area (Å²) in [6.45, 7) is 0.671. The number of nitrogens with one attached hydrogen (secondary N) is 2. The molecule has 2 N–H and O–H groups in total. The molecule has 0 spiro atoms. The molecule has 1 aliphatic carbocycles. The Labute approximate surface area is 111 Å². The SMILES string of the molecule is CNCCC(=O)Nc1ccc2oc(C3CC3)nc2c1. The highest BCUT2D eigenvalue weighted by Crippen LogP contribution is 2.40. The number of carbonyl (C=O) groups is 1. The predicted molar refractivity (Wildman–Crippen MR) is 73.2 cm³/mol. The summed E-state index contributed by atoms with van der Waals surface area (Å²) in [7, 11) is 1.83. The second-order valence-corrected chi connectivity index (χ2v) is 4.91. The number of aromatic nitrogens is 1. The normalized spacial score (nSPS) is 14.8. The van der Waals surface area contributed by atoms with Crippen LogP contribution in [-0.4, -0.2) is 24.5 Å². The van der Waals surface area contributed by atoms with Gasteiger partial charge in [0.15, 0.2) is 11.5 Å². The van der Waals surface area contributed by atoms with E-state index in [2.05, 4.69) is 15.6 Å². The minimum atomic E-state index is -0.000360. The topological polar surface area (TPSA) is 67.2 Å². The smallest absolute Gasteiger partial charge is 0.225 e. The summed E-state index contributed by atoms with van der Waals surface area (Å²) in [5, 5.41) is 5.81. The highest BCUT2D eigenvalue weighted by molar-refractivity contribution is 5.92. The van der Waals surface area contributed by atoms with Gasteiger partial charge in [0.25, 0.3) is 0 Å². The fourth-order valence-corrected chi connectivity index (χ4v) is 1.99. The Bertz CT molecular complexity index is 602. The van der Waals surface area contributed by atoms with Crippen molar-refractivity contribution in [3.8, 4) is 0 Å². The lowest BCUT2D eigenvalue weighted by Gasteiger charge is -2.04. The number of benzene rings is 1. The molecule has 0 aliphatic heterocycles. The number of carbonyl (C=O) groups excluding carboxylic acids is 1. The van der Waals surface area contributed by atoms with E-state index in [1.807, 2.05) is 25.2 Å². The average molecular weight is 259 g/mol. The van der Waals surface area contributed by atoms with Crippen molar-refractivity contribution in [1.82, 2.24) is 10.3 Å². The summed E-state index contributed by atoms with van der Waals surface area (Å²) >= 11 is 0. The minimum absolute atomic E-state index is 0.000360. The molecule has 19 heavy (non-hydrogen) atoms. The number of fused-ring (bicyclic) bond motifs is 1. The molecular formula is C14H17N3O2. The fourth-order valence-electron chi connectivity index (χ4n) is 1.99. The Morgan fingerprint density at radius 3 is 3.05 bits per heavy atom. The van der Waals surface area contributed by atoms with E-state index in [1.54, 1.807) is 0 Å². The van der Waals surface area contributed by atoms with Crippen LogP contribution in [0.25, 0.3) is 11.1 Å². The van der Waals surface area contributed by atoms with Crippen LogP contribution in [0.1, 0.15) is 31.1 Å². The van der Waals surface area contributed by atoms with Crippen molar-refractivity contribution in [2.45, 2.75) is 25.2 Å². The molecular weight excluding hydrogens is 242 g/mol. The average Bonchev–Trinajstić information content (AvgIpc) is 3.16. The van der Waals surface area contributed by atoms with Gasteiger partial charge in [-0.3, -0.25) is 4.79 Å². The molecule has 0 unspecified atom stereocenters. The number of rotatable bonds is 5. The Morgan fingerprint density at radius 1 is 1.47 bits per heavy atom. The highest BCUT2D eigenvalue weighted by Gasteiger charge is 2.28. The van der Waals surface area contributed by atoms with Gasteiger partial charge < -0.3 is 15.1 Å². The Balaban J connectivity index is 1.75. The summed E-state index contributed by atoms with van der Waals surface area (Å²) in [5.41, 5.74) is 2.37. The Hall–Kier alpha value is -1.88. The van der Waals surface area contributed by atoms with Crippen molar-refractivity contribution in [1.29, 1.82) is 0 Å². The molecule has 3 rings (SSSR count). The molecule has 1 heterocycles. The van der Waals surface area contributed by atoms with E-state index in [0.29, 0.717) is 18.9 Å². The molecule has 2 aromatic rings. The standard InChI is InChI=1S/C14H17N3O2/c1-15-7-6-13(18)16-10-4-5-12-11(8-10)17-14(19-12)9-2-3-9/h4-5,8-9,15H,2-3,6-7H2,1H3,(H,16,18). The molecule has 1 aliphatic rings. The number of amides is 1. The summed E-state index contributed by atoms with van der Waals surface area (Å²) < 4.78 is 5.68. The van der Waals surface area contributed by atoms with E-state index in [-0.39, 0.29) is 5.91 Å². The van der Waals surface area contributed by atoms with E-state index >= 15 is 0 Å². The van der Waals surface area contributed by atoms with Crippen LogP contribution < -0.4 is 10.6 Å². The second-order valence-electron chi connectivity index (χ2n) is 4.91. The van der Waals surface area contributed by atoms with E-state index < -0.39 is 0 Å². The number of oxazole rings is 1. The lowest BCUT2D eigenvalue weighted by molar-refractivity contribution is -0.116. The van der Waals surface area contributed by atoms with Crippen LogP contribution >= 0.6 is 0 Å². The molecule has 1 aromatic carbocycles. The zero-order valence-corrected chi connectivity index (χ0v) is 10.9. The van der Waals surface area contributed by atoms with E-state index in [1.165, 1.54) is 12.8 Å². The summed E-state index contributed by atoms with van der Waals surface area (Å²) in [6, 6.07) is 5.57. The molecule has 0 atom stereocenters. The van der Waals surface area contributed by atoms with E-state index in [9.17, 15) is 4.79 Å². The van der Waals surface area contributed by atoms with Gasteiger partial charge in [-0.1, -0.05) is 0 Å². The van der Waals surface area contributed by atoms with Crippen molar-refractivity contribution in [2.75, 3.05) is 18.9 Å². The van der Waals surface area contributed by atoms with Gasteiger partial charge in [0.2, 0.25) is 5.91 Å². The Morgan fingerprint density at radius 2 is 2.32 bits per heavy atom. The van der Waals surface area contributed by atoms with Crippen molar-refractivity contribution in [2.24, 2.45) is 0 Å². The van der Waals surface area contributed by atoms with Crippen LogP contribution in [0, 0.1) is 0 Å². The number of hydrogen-bond donors (Lipinski definition) is 2. The molecule has 0 radical (unpaired) electrons. The van der Waals surface area contributed by atoms with Crippen molar-refractivity contribution >= 4 is 22.7 Å². The second kappa shape index (κ2) is 5.01. The first-order chi connectivity index (χ1) is 9.26. The maximum Gasteiger partial charge on any atom is 0.225 e. The van der Waals surface area contributed by atoms with Gasteiger partial charge in [-0.15, -0.1) is 0 Å². The van der Waals surface area contributed by atoms with Crippen molar-refractivity contribution in [3.05, 3.63) is 24.1 Å². The number of anilines is 1. The third-order valence-electron chi connectivity index (χ3n) is 3.22. The van der Waals surface area contributed by atoms with Gasteiger partial charge in [-0.2, -0.15) is 0 Å². The van der Waals surface area contributed by atoms with Crippen molar-refractivity contribution in [3.63, 3.8) is 0 Å². The maximum absolute atomic E-state index is 11.6. The molecule has 1 saturated carbocycles. The largest absolute Gasteiger partial charge is 0.440 e. The first-order valence-corrected chi connectivity index (χ1v) is 6.61. The van der Waals surface area contributed by atoms with Gasteiger partial charge in [0.05, 0.1) is 0 Å². The zero-order valence-electron chi connectivity index (χ0n) is 10.9. The van der Waals surface area contributed by atoms with Gasteiger partial charge in [0.1, 0.15) is 5.52 Å². The van der Waals surface area contributed by atoms with Gasteiger partial charge in [0, 0.05) is 24.6 Å². The predicted octanol–water partition coefficient (Wildman–Crippen LogP) is 2.25. The van der Waals surface area contributed by atoms with E-state index in [0.717, 1.165) is 22.7 Å². The molecule has 0 bridgehead atoms. The lowest BCUT2D eigenvalue weighted by Crippen LogP contribution is -2.18. The molecule has 0 saturated heterocycles.